The minimum absolute atomic E-state index is 0.0460. The molecule has 0 atom stereocenters. The summed E-state index contributed by atoms with van der Waals surface area (Å²) in [6.45, 7) is -0.216. The van der Waals surface area contributed by atoms with Gasteiger partial charge in [0, 0.05) is 17.1 Å². The van der Waals surface area contributed by atoms with E-state index in [0.717, 1.165) is 21.6 Å². The van der Waals surface area contributed by atoms with Crippen LogP contribution in [0.25, 0.3) is 11.4 Å². The number of pyridine rings is 1. The molecule has 4 rings (SSSR count). The van der Waals surface area contributed by atoms with Crippen molar-refractivity contribution in [3.05, 3.63) is 91.4 Å². The van der Waals surface area contributed by atoms with Crippen LogP contribution >= 0.6 is 11.3 Å². The molecule has 1 amide bonds. The van der Waals surface area contributed by atoms with Crippen LogP contribution in [-0.4, -0.2) is 20.0 Å². The Morgan fingerprint density at radius 3 is 2.70 bits per heavy atom. The van der Waals surface area contributed by atoms with E-state index >= 15 is 0 Å². The number of fused-ring (bicyclic) bond motifs is 1. The van der Waals surface area contributed by atoms with E-state index in [-0.39, 0.29) is 30.2 Å². The van der Waals surface area contributed by atoms with E-state index in [0.29, 0.717) is 6.07 Å². The van der Waals surface area contributed by atoms with Crippen LogP contribution in [0.1, 0.15) is 4.88 Å². The molecule has 2 aromatic rings. The molecule has 0 unspecified atom stereocenters. The van der Waals surface area contributed by atoms with Crippen molar-refractivity contribution in [3.8, 4) is 11.4 Å². The molecule has 1 aromatic heterocycles. The Balaban J connectivity index is 1.64. The first kappa shape index (κ1) is 19.6. The fraction of sp³-hybridized carbons (Fsp3) is 0.100. The quantitative estimate of drug-likeness (QED) is 0.529. The van der Waals surface area contributed by atoms with Gasteiger partial charge in [0.05, 0.1) is 17.8 Å². The second kappa shape index (κ2) is 7.99. The van der Waals surface area contributed by atoms with Crippen LogP contribution in [0.2, 0.25) is 0 Å². The predicted octanol–water partition coefficient (Wildman–Crippen LogP) is 2.54. The zero-order valence-electron chi connectivity index (χ0n) is 15.3. The summed E-state index contributed by atoms with van der Waals surface area (Å²) in [4.78, 5) is 42.4. The lowest BCUT2D eigenvalue weighted by atomic mass is 10.2. The van der Waals surface area contributed by atoms with Crippen molar-refractivity contribution in [2.24, 2.45) is 0 Å². The summed E-state index contributed by atoms with van der Waals surface area (Å²) in [5, 5.41) is 4.17. The van der Waals surface area contributed by atoms with Gasteiger partial charge in [-0.05, 0) is 35.7 Å². The van der Waals surface area contributed by atoms with Gasteiger partial charge in [-0.3, -0.25) is 14.2 Å². The molecule has 0 saturated heterocycles. The second-order valence-electron chi connectivity index (χ2n) is 6.41. The molecule has 0 radical (unpaired) electrons. The molecule has 7 nitrogen and oxygen atoms in total. The van der Waals surface area contributed by atoms with Crippen LogP contribution in [0.4, 0.5) is 14.5 Å². The van der Waals surface area contributed by atoms with Crippen molar-refractivity contribution in [2.75, 3.05) is 5.32 Å². The largest absolute Gasteiger partial charge is 0.352 e. The van der Waals surface area contributed by atoms with Gasteiger partial charge in [-0.2, -0.15) is 4.98 Å². The van der Waals surface area contributed by atoms with Crippen molar-refractivity contribution >= 4 is 22.9 Å². The van der Waals surface area contributed by atoms with E-state index < -0.39 is 28.8 Å². The number of halogens is 2. The molecular formula is C20H14F2N4O3S. The molecule has 0 spiro atoms. The zero-order valence-corrected chi connectivity index (χ0v) is 16.2. The number of thiophene rings is 1. The first-order chi connectivity index (χ1) is 14.4. The average molecular weight is 428 g/mol. The molecule has 0 bridgehead atoms. The number of nitrogens with one attached hydrogen (secondary N) is 1. The van der Waals surface area contributed by atoms with E-state index in [9.17, 15) is 23.2 Å². The summed E-state index contributed by atoms with van der Waals surface area (Å²) < 4.78 is 29.1. The van der Waals surface area contributed by atoms with Crippen molar-refractivity contribution in [2.45, 2.75) is 13.1 Å². The smallest absolute Gasteiger partial charge is 0.323 e. The SMILES string of the molecule is O=C(Cn1cccc2c(=O)n(Cc3cccs3)c(=O)nc1-2)Nc1ccc(F)cc1F. The third-order valence-corrected chi connectivity index (χ3v) is 5.22. The molecule has 1 N–H and O–H groups in total. The van der Waals surface area contributed by atoms with Gasteiger partial charge in [0.1, 0.15) is 18.2 Å². The number of amides is 1. The van der Waals surface area contributed by atoms with Crippen molar-refractivity contribution in [1.29, 1.82) is 0 Å². The van der Waals surface area contributed by atoms with Crippen LogP contribution < -0.4 is 16.6 Å². The van der Waals surface area contributed by atoms with Gasteiger partial charge in [-0.1, -0.05) is 6.07 Å². The molecule has 1 aromatic carbocycles. The maximum absolute atomic E-state index is 13.7. The Labute approximate surface area is 172 Å². The molecular weight excluding hydrogens is 414 g/mol. The standard InChI is InChI=1S/C20H14F2N4O3S/c21-12-5-6-16(15(22)9-12)23-17(27)11-25-7-1-4-14-18(25)24-20(29)26(19(14)28)10-13-3-2-8-30-13/h1-9H,10-11H2,(H,23,27). The normalized spacial score (nSPS) is 11.0. The van der Waals surface area contributed by atoms with Crippen molar-refractivity contribution < 1.29 is 13.6 Å². The highest BCUT2D eigenvalue weighted by Gasteiger charge is 2.19. The van der Waals surface area contributed by atoms with Gasteiger partial charge in [-0.25, -0.2) is 13.6 Å². The van der Waals surface area contributed by atoms with E-state index in [1.807, 2.05) is 17.5 Å². The molecule has 10 heteroatoms. The molecule has 30 heavy (non-hydrogen) atoms. The highest BCUT2D eigenvalue weighted by atomic mass is 32.1. The van der Waals surface area contributed by atoms with Gasteiger partial charge in [0.2, 0.25) is 5.91 Å². The second-order valence-corrected chi connectivity index (χ2v) is 7.44. The van der Waals surface area contributed by atoms with Crippen LogP contribution in [0.5, 0.6) is 0 Å². The Kier molecular flexibility index (Phi) is 5.23. The summed E-state index contributed by atoms with van der Waals surface area (Å²) >= 11 is 1.42. The van der Waals surface area contributed by atoms with E-state index in [1.165, 1.54) is 28.2 Å². The van der Waals surface area contributed by atoms with Gasteiger partial charge in [0.25, 0.3) is 5.56 Å². The van der Waals surface area contributed by atoms with E-state index in [1.54, 1.807) is 6.07 Å². The number of aromatic nitrogens is 3. The fourth-order valence-electron chi connectivity index (χ4n) is 2.98. The summed E-state index contributed by atoms with van der Waals surface area (Å²) in [6, 6.07) is 9.48. The van der Waals surface area contributed by atoms with E-state index in [4.69, 9.17) is 0 Å². The topological polar surface area (TPSA) is 86.0 Å². The summed E-state index contributed by atoms with van der Waals surface area (Å²) in [5.74, 6) is -2.26. The third-order valence-electron chi connectivity index (χ3n) is 4.36. The van der Waals surface area contributed by atoms with Crippen molar-refractivity contribution in [3.63, 3.8) is 0 Å². The average Bonchev–Trinajstić information content (AvgIpc) is 3.21. The first-order valence-electron chi connectivity index (χ1n) is 8.79. The van der Waals surface area contributed by atoms with Gasteiger partial charge < -0.3 is 9.88 Å². The lowest BCUT2D eigenvalue weighted by Crippen LogP contribution is -2.38. The Bertz CT molecular complexity index is 1310. The lowest BCUT2D eigenvalue weighted by Gasteiger charge is -2.15. The molecule has 3 heterocycles. The van der Waals surface area contributed by atoms with Crippen molar-refractivity contribution in [1.82, 2.24) is 14.1 Å². The van der Waals surface area contributed by atoms with Crippen LogP contribution in [-0.2, 0) is 17.9 Å². The predicted molar refractivity (Wildman–Crippen MR) is 108 cm³/mol. The van der Waals surface area contributed by atoms with Crippen LogP contribution in [0.3, 0.4) is 0 Å². The van der Waals surface area contributed by atoms with E-state index in [2.05, 4.69) is 10.3 Å². The first-order valence-corrected chi connectivity index (χ1v) is 9.67. The highest BCUT2D eigenvalue weighted by Crippen LogP contribution is 2.17. The molecule has 2 aliphatic rings. The van der Waals surface area contributed by atoms with Gasteiger partial charge in [0.15, 0.2) is 5.82 Å². The zero-order chi connectivity index (χ0) is 21.3. The molecule has 152 valence electrons. The number of hydrogen-bond acceptors (Lipinski definition) is 5. The number of nitrogens with zero attached hydrogens (tertiary/aromatic N) is 3. The molecule has 0 aliphatic carbocycles. The minimum Gasteiger partial charge on any atom is -0.323 e. The minimum atomic E-state index is -0.914. The maximum Gasteiger partial charge on any atom is 0.352 e. The number of rotatable bonds is 5. The third kappa shape index (κ3) is 3.90. The summed E-state index contributed by atoms with van der Waals surface area (Å²) in [7, 11) is 0. The Morgan fingerprint density at radius 1 is 1.13 bits per heavy atom. The highest BCUT2D eigenvalue weighted by molar-refractivity contribution is 7.09. The summed E-state index contributed by atoms with van der Waals surface area (Å²) in [5.41, 5.74) is -1.25. The van der Waals surface area contributed by atoms with Crippen LogP contribution in [0.15, 0.2) is 63.6 Å². The number of carbonyl (C=O) groups is 1. The Morgan fingerprint density at radius 2 is 1.97 bits per heavy atom. The maximum atomic E-state index is 13.7. The molecule has 0 saturated carbocycles. The lowest BCUT2D eigenvalue weighted by molar-refractivity contribution is -0.116. The molecule has 0 fully saturated rings. The number of hydrogen-bond donors (Lipinski definition) is 1. The number of carbonyl (C=O) groups excluding carboxylic acids is 1. The fourth-order valence-corrected chi connectivity index (χ4v) is 3.67. The summed E-state index contributed by atoms with van der Waals surface area (Å²) in [6.07, 6.45) is 1.48. The number of benzene rings is 1. The van der Waals surface area contributed by atoms with Gasteiger partial charge >= 0.3 is 5.69 Å². The monoisotopic (exact) mass is 428 g/mol. The van der Waals surface area contributed by atoms with Gasteiger partial charge in [-0.15, -0.1) is 11.3 Å². The van der Waals surface area contributed by atoms with Crippen LogP contribution in [0, 0.1) is 11.6 Å². The molecule has 2 aliphatic heterocycles. The Hall–Kier alpha value is -3.66. The number of anilines is 1.